The summed E-state index contributed by atoms with van der Waals surface area (Å²) < 4.78 is 5.93. The van der Waals surface area contributed by atoms with Crippen molar-refractivity contribution in [2.45, 2.75) is 51.2 Å². The number of aromatic nitrogens is 1. The second kappa shape index (κ2) is 6.87. The maximum Gasteiger partial charge on any atom is 0.251 e. The third-order valence-corrected chi connectivity index (χ3v) is 4.29. The smallest absolute Gasteiger partial charge is 0.251 e. The van der Waals surface area contributed by atoms with Gasteiger partial charge in [0, 0.05) is 24.4 Å². The standard InChI is InChI=1S/C15H24N4O2/c1-3-15(4-2)10-12(6-8-21-15)18-14(20)11-5-7-17-13(9-11)19-16/h5,7,9,12H,3-4,6,8,10,16H2,1-2H3,(H,17,19)(H,18,20). The monoisotopic (exact) mass is 292 g/mol. The molecule has 1 aliphatic rings. The Morgan fingerprint density at radius 3 is 2.95 bits per heavy atom. The molecule has 1 unspecified atom stereocenters. The molecule has 0 aliphatic carbocycles. The highest BCUT2D eigenvalue weighted by Crippen LogP contribution is 2.31. The molecule has 0 saturated carbocycles. The number of ether oxygens (including phenoxy) is 1. The molecule has 2 rings (SSSR count). The summed E-state index contributed by atoms with van der Waals surface area (Å²) in [6.07, 6.45) is 5.20. The number of rotatable bonds is 5. The first-order chi connectivity index (χ1) is 10.1. The van der Waals surface area contributed by atoms with E-state index < -0.39 is 0 Å². The number of nitrogens with zero attached hydrogens (tertiary/aromatic N) is 1. The van der Waals surface area contributed by atoms with E-state index in [1.165, 1.54) is 0 Å². The van der Waals surface area contributed by atoms with E-state index >= 15 is 0 Å². The molecule has 0 radical (unpaired) electrons. The summed E-state index contributed by atoms with van der Waals surface area (Å²) in [5.41, 5.74) is 2.91. The van der Waals surface area contributed by atoms with Crippen molar-refractivity contribution in [1.29, 1.82) is 0 Å². The van der Waals surface area contributed by atoms with Crippen molar-refractivity contribution >= 4 is 11.7 Å². The summed E-state index contributed by atoms with van der Waals surface area (Å²) in [6.45, 7) is 4.96. The molecular formula is C15H24N4O2. The van der Waals surface area contributed by atoms with Crippen LogP contribution >= 0.6 is 0 Å². The van der Waals surface area contributed by atoms with Gasteiger partial charge in [0.15, 0.2) is 0 Å². The number of anilines is 1. The highest BCUT2D eigenvalue weighted by Gasteiger charge is 2.35. The van der Waals surface area contributed by atoms with Crippen molar-refractivity contribution in [3.8, 4) is 0 Å². The lowest BCUT2D eigenvalue weighted by molar-refractivity contribution is -0.0917. The SMILES string of the molecule is CCC1(CC)CC(NC(=O)c2ccnc(NN)c2)CCO1. The highest BCUT2D eigenvalue weighted by molar-refractivity contribution is 5.94. The maximum atomic E-state index is 12.3. The van der Waals surface area contributed by atoms with Crippen LogP contribution in [0.3, 0.4) is 0 Å². The lowest BCUT2D eigenvalue weighted by Crippen LogP contribution is -2.48. The number of pyridine rings is 1. The average Bonchev–Trinajstić information content (AvgIpc) is 2.55. The van der Waals surface area contributed by atoms with Gasteiger partial charge in [-0.15, -0.1) is 0 Å². The minimum absolute atomic E-state index is 0.0955. The van der Waals surface area contributed by atoms with Crippen LogP contribution in [0.1, 0.15) is 49.9 Å². The molecule has 6 heteroatoms. The first kappa shape index (κ1) is 15.7. The van der Waals surface area contributed by atoms with Gasteiger partial charge in [-0.05, 0) is 37.8 Å². The topological polar surface area (TPSA) is 89.3 Å². The van der Waals surface area contributed by atoms with E-state index in [9.17, 15) is 4.79 Å². The Morgan fingerprint density at radius 2 is 2.29 bits per heavy atom. The molecule has 1 aromatic rings. The molecule has 0 spiro atoms. The minimum atomic E-state index is -0.0988. The molecule has 116 valence electrons. The lowest BCUT2D eigenvalue weighted by Gasteiger charge is -2.40. The molecule has 1 saturated heterocycles. The van der Waals surface area contributed by atoms with E-state index in [0.29, 0.717) is 18.0 Å². The minimum Gasteiger partial charge on any atom is -0.375 e. The molecule has 4 N–H and O–H groups in total. The van der Waals surface area contributed by atoms with Gasteiger partial charge in [-0.1, -0.05) is 13.8 Å². The third-order valence-electron chi connectivity index (χ3n) is 4.29. The number of nitrogens with one attached hydrogen (secondary N) is 2. The van der Waals surface area contributed by atoms with Crippen LogP contribution in [0.4, 0.5) is 5.82 Å². The number of amides is 1. The zero-order valence-electron chi connectivity index (χ0n) is 12.7. The Bertz CT molecular complexity index is 488. The van der Waals surface area contributed by atoms with E-state index in [1.54, 1.807) is 18.3 Å². The van der Waals surface area contributed by atoms with Crippen molar-refractivity contribution in [2.75, 3.05) is 12.0 Å². The van der Waals surface area contributed by atoms with Crippen molar-refractivity contribution in [3.63, 3.8) is 0 Å². The van der Waals surface area contributed by atoms with Crippen molar-refractivity contribution in [1.82, 2.24) is 10.3 Å². The van der Waals surface area contributed by atoms with Gasteiger partial charge < -0.3 is 15.5 Å². The molecule has 1 aliphatic heterocycles. The average molecular weight is 292 g/mol. The Hall–Kier alpha value is -1.66. The number of carbonyl (C=O) groups is 1. The highest BCUT2D eigenvalue weighted by atomic mass is 16.5. The van der Waals surface area contributed by atoms with Crippen LogP contribution in [0.25, 0.3) is 0 Å². The molecule has 0 aromatic carbocycles. The van der Waals surface area contributed by atoms with Gasteiger partial charge in [-0.2, -0.15) is 0 Å². The summed E-state index contributed by atoms with van der Waals surface area (Å²) in [6, 6.07) is 3.47. The van der Waals surface area contributed by atoms with Crippen molar-refractivity contribution < 1.29 is 9.53 Å². The van der Waals surface area contributed by atoms with E-state index in [4.69, 9.17) is 10.6 Å². The van der Waals surface area contributed by atoms with Crippen LogP contribution in [0.2, 0.25) is 0 Å². The Balaban J connectivity index is 2.01. The predicted octanol–water partition coefficient (Wildman–Crippen LogP) is 1.83. The number of hydrogen-bond donors (Lipinski definition) is 3. The largest absolute Gasteiger partial charge is 0.375 e. The van der Waals surface area contributed by atoms with Gasteiger partial charge in [0.1, 0.15) is 5.82 Å². The fraction of sp³-hybridized carbons (Fsp3) is 0.600. The van der Waals surface area contributed by atoms with E-state index in [0.717, 1.165) is 25.7 Å². The Kier molecular flexibility index (Phi) is 5.14. The molecule has 21 heavy (non-hydrogen) atoms. The summed E-state index contributed by atoms with van der Waals surface area (Å²) in [5.74, 6) is 5.70. The third kappa shape index (κ3) is 3.71. The Labute approximate surface area is 125 Å². The normalized spacial score (nSPS) is 20.8. The van der Waals surface area contributed by atoms with Gasteiger partial charge in [-0.3, -0.25) is 4.79 Å². The predicted molar refractivity (Wildman–Crippen MR) is 81.8 cm³/mol. The second-order valence-electron chi connectivity index (χ2n) is 5.48. The Morgan fingerprint density at radius 1 is 1.52 bits per heavy atom. The quantitative estimate of drug-likeness (QED) is 0.569. The van der Waals surface area contributed by atoms with Crippen molar-refractivity contribution in [2.24, 2.45) is 5.84 Å². The maximum absolute atomic E-state index is 12.3. The van der Waals surface area contributed by atoms with Crippen LogP contribution < -0.4 is 16.6 Å². The zero-order chi connectivity index (χ0) is 15.3. The number of nitrogen functional groups attached to an aromatic ring is 1. The van der Waals surface area contributed by atoms with Gasteiger partial charge in [-0.25, -0.2) is 10.8 Å². The van der Waals surface area contributed by atoms with Gasteiger partial charge in [0.05, 0.1) is 5.60 Å². The molecule has 2 heterocycles. The first-order valence-corrected chi connectivity index (χ1v) is 7.50. The van der Waals surface area contributed by atoms with Gasteiger partial charge in [0.2, 0.25) is 0 Å². The molecule has 1 atom stereocenters. The summed E-state index contributed by atoms with van der Waals surface area (Å²) >= 11 is 0. The lowest BCUT2D eigenvalue weighted by atomic mass is 9.86. The van der Waals surface area contributed by atoms with E-state index in [-0.39, 0.29) is 17.6 Å². The fourth-order valence-corrected chi connectivity index (χ4v) is 2.81. The van der Waals surface area contributed by atoms with Crippen LogP contribution in [0, 0.1) is 0 Å². The number of nitrogens with two attached hydrogens (primary N) is 1. The number of carbonyl (C=O) groups excluding carboxylic acids is 1. The van der Waals surface area contributed by atoms with Crippen LogP contribution in [0.15, 0.2) is 18.3 Å². The second-order valence-corrected chi connectivity index (χ2v) is 5.48. The van der Waals surface area contributed by atoms with Crippen LogP contribution in [0.5, 0.6) is 0 Å². The first-order valence-electron chi connectivity index (χ1n) is 7.50. The van der Waals surface area contributed by atoms with Crippen molar-refractivity contribution in [3.05, 3.63) is 23.9 Å². The number of hydrogen-bond acceptors (Lipinski definition) is 5. The molecular weight excluding hydrogens is 268 g/mol. The zero-order valence-corrected chi connectivity index (χ0v) is 12.7. The van der Waals surface area contributed by atoms with Crippen LogP contribution in [-0.2, 0) is 4.74 Å². The molecule has 1 fully saturated rings. The van der Waals surface area contributed by atoms with Gasteiger partial charge in [0.25, 0.3) is 5.91 Å². The van der Waals surface area contributed by atoms with E-state index in [1.807, 2.05) is 0 Å². The summed E-state index contributed by atoms with van der Waals surface area (Å²) in [5, 5.41) is 3.09. The summed E-state index contributed by atoms with van der Waals surface area (Å²) in [4.78, 5) is 16.3. The van der Waals surface area contributed by atoms with Crippen LogP contribution in [-0.4, -0.2) is 29.1 Å². The molecule has 0 bridgehead atoms. The molecule has 1 amide bonds. The van der Waals surface area contributed by atoms with Gasteiger partial charge >= 0.3 is 0 Å². The number of hydrazine groups is 1. The molecule has 1 aromatic heterocycles. The van der Waals surface area contributed by atoms with E-state index in [2.05, 4.69) is 29.6 Å². The fourth-order valence-electron chi connectivity index (χ4n) is 2.81. The summed E-state index contributed by atoms with van der Waals surface area (Å²) in [7, 11) is 0. The molecule has 6 nitrogen and oxygen atoms in total.